The molecule has 1 aliphatic rings. The fourth-order valence-corrected chi connectivity index (χ4v) is 2.22. The molecule has 1 rings (SSSR count). The van der Waals surface area contributed by atoms with E-state index in [4.69, 9.17) is 4.74 Å². The molecule has 18 heavy (non-hydrogen) atoms. The van der Waals surface area contributed by atoms with E-state index in [0.717, 1.165) is 25.2 Å². The molecule has 0 bridgehead atoms. The molecule has 2 nitrogen and oxygen atoms in total. The maximum atomic E-state index is 11.3. The topological polar surface area (TPSA) is 26.3 Å². The monoisotopic (exact) mass is 254 g/mol. The summed E-state index contributed by atoms with van der Waals surface area (Å²) in [6, 6.07) is 0. The number of carbonyl (C=O) groups is 1. The van der Waals surface area contributed by atoms with Crippen molar-refractivity contribution in [2.24, 2.45) is 5.92 Å². The molecular weight excluding hydrogens is 224 g/mol. The summed E-state index contributed by atoms with van der Waals surface area (Å²) >= 11 is 0. The predicted octanol–water partition coefficient (Wildman–Crippen LogP) is 4.86. The van der Waals surface area contributed by atoms with E-state index in [-0.39, 0.29) is 5.97 Å². The van der Waals surface area contributed by atoms with E-state index in [0.29, 0.717) is 13.0 Å². The molecule has 1 fully saturated rings. The van der Waals surface area contributed by atoms with Crippen LogP contribution in [0.5, 0.6) is 0 Å². The van der Waals surface area contributed by atoms with E-state index in [1.54, 1.807) is 0 Å². The molecule has 0 aromatic rings. The summed E-state index contributed by atoms with van der Waals surface area (Å²) in [4.78, 5) is 11.3. The smallest absolute Gasteiger partial charge is 0.305 e. The van der Waals surface area contributed by atoms with Crippen molar-refractivity contribution in [1.82, 2.24) is 0 Å². The van der Waals surface area contributed by atoms with Crippen LogP contribution in [0.1, 0.15) is 84.0 Å². The normalized spacial score (nSPS) is 14.7. The Balaban J connectivity index is 1.72. The zero-order valence-electron chi connectivity index (χ0n) is 12.1. The van der Waals surface area contributed by atoms with Gasteiger partial charge in [-0.25, -0.2) is 0 Å². The number of hydrogen-bond acceptors (Lipinski definition) is 2. The van der Waals surface area contributed by atoms with Gasteiger partial charge < -0.3 is 4.74 Å². The van der Waals surface area contributed by atoms with E-state index in [9.17, 15) is 4.79 Å². The number of rotatable bonds is 12. The maximum Gasteiger partial charge on any atom is 0.305 e. The van der Waals surface area contributed by atoms with Gasteiger partial charge in [-0.2, -0.15) is 0 Å². The minimum Gasteiger partial charge on any atom is -0.466 e. The van der Waals surface area contributed by atoms with Crippen LogP contribution in [-0.2, 0) is 9.53 Å². The Morgan fingerprint density at radius 3 is 2.33 bits per heavy atom. The van der Waals surface area contributed by atoms with Crippen LogP contribution in [0.3, 0.4) is 0 Å². The van der Waals surface area contributed by atoms with E-state index in [2.05, 4.69) is 6.92 Å². The van der Waals surface area contributed by atoms with Crippen molar-refractivity contribution in [2.75, 3.05) is 6.61 Å². The fourth-order valence-electron chi connectivity index (χ4n) is 2.22. The SMILES string of the molecule is CCCCOC(=O)CCCCCCCCC1CC1. The third kappa shape index (κ3) is 9.49. The van der Waals surface area contributed by atoms with Crippen LogP contribution < -0.4 is 0 Å². The second-order valence-electron chi connectivity index (χ2n) is 5.68. The van der Waals surface area contributed by atoms with Crippen LogP contribution in [0.25, 0.3) is 0 Å². The van der Waals surface area contributed by atoms with Crippen molar-refractivity contribution in [2.45, 2.75) is 84.0 Å². The van der Waals surface area contributed by atoms with Crippen LogP contribution in [0.2, 0.25) is 0 Å². The molecule has 0 aromatic carbocycles. The Bertz CT molecular complexity index is 209. The molecule has 0 atom stereocenters. The summed E-state index contributed by atoms with van der Waals surface area (Å²) in [7, 11) is 0. The molecule has 0 N–H and O–H groups in total. The first-order valence-corrected chi connectivity index (χ1v) is 7.98. The molecule has 1 saturated carbocycles. The predicted molar refractivity (Wildman–Crippen MR) is 75.5 cm³/mol. The quantitative estimate of drug-likeness (QED) is 0.367. The minimum absolute atomic E-state index is 0.00261. The van der Waals surface area contributed by atoms with Gasteiger partial charge in [-0.1, -0.05) is 64.7 Å². The maximum absolute atomic E-state index is 11.3. The van der Waals surface area contributed by atoms with Gasteiger partial charge in [0.1, 0.15) is 0 Å². The van der Waals surface area contributed by atoms with Crippen molar-refractivity contribution >= 4 is 5.97 Å². The van der Waals surface area contributed by atoms with Gasteiger partial charge in [0.15, 0.2) is 0 Å². The molecule has 0 aliphatic heterocycles. The van der Waals surface area contributed by atoms with E-state index >= 15 is 0 Å². The van der Waals surface area contributed by atoms with Gasteiger partial charge in [-0.3, -0.25) is 4.79 Å². The average Bonchev–Trinajstić information content (AvgIpc) is 3.17. The second-order valence-corrected chi connectivity index (χ2v) is 5.68. The summed E-state index contributed by atoms with van der Waals surface area (Å²) in [6.45, 7) is 2.72. The summed E-state index contributed by atoms with van der Waals surface area (Å²) in [6.07, 6.45) is 14.8. The summed E-state index contributed by atoms with van der Waals surface area (Å²) in [5.41, 5.74) is 0. The molecular formula is C16H30O2. The highest BCUT2D eigenvalue weighted by molar-refractivity contribution is 5.69. The lowest BCUT2D eigenvalue weighted by atomic mass is 10.1. The van der Waals surface area contributed by atoms with E-state index in [1.165, 1.54) is 51.4 Å². The van der Waals surface area contributed by atoms with Crippen molar-refractivity contribution in [3.63, 3.8) is 0 Å². The Hall–Kier alpha value is -0.530. The lowest BCUT2D eigenvalue weighted by molar-refractivity contribution is -0.143. The summed E-state index contributed by atoms with van der Waals surface area (Å²) in [5, 5.41) is 0. The molecule has 0 saturated heterocycles. The first-order chi connectivity index (χ1) is 8.83. The molecule has 0 heterocycles. The van der Waals surface area contributed by atoms with Gasteiger partial charge in [0.25, 0.3) is 0 Å². The fraction of sp³-hybridized carbons (Fsp3) is 0.938. The molecule has 2 heteroatoms. The minimum atomic E-state index is -0.00261. The van der Waals surface area contributed by atoms with Crippen LogP contribution in [0, 0.1) is 5.92 Å². The third-order valence-electron chi connectivity index (χ3n) is 3.70. The number of esters is 1. The first-order valence-electron chi connectivity index (χ1n) is 7.98. The number of ether oxygens (including phenoxy) is 1. The van der Waals surface area contributed by atoms with Gasteiger partial charge in [0.2, 0.25) is 0 Å². The number of hydrogen-bond donors (Lipinski definition) is 0. The van der Waals surface area contributed by atoms with Gasteiger partial charge in [0, 0.05) is 6.42 Å². The summed E-state index contributed by atoms with van der Waals surface area (Å²) < 4.78 is 5.12. The first kappa shape index (κ1) is 15.5. The molecule has 1 aliphatic carbocycles. The van der Waals surface area contributed by atoms with Gasteiger partial charge in [-0.15, -0.1) is 0 Å². The van der Waals surface area contributed by atoms with Crippen molar-refractivity contribution < 1.29 is 9.53 Å². The van der Waals surface area contributed by atoms with Gasteiger partial charge in [0.05, 0.1) is 6.61 Å². The third-order valence-corrected chi connectivity index (χ3v) is 3.70. The van der Waals surface area contributed by atoms with Crippen molar-refractivity contribution in [3.05, 3.63) is 0 Å². The number of carbonyl (C=O) groups excluding carboxylic acids is 1. The molecule has 0 unspecified atom stereocenters. The second kappa shape index (κ2) is 10.4. The molecule has 0 aromatic heterocycles. The van der Waals surface area contributed by atoms with Crippen molar-refractivity contribution in [1.29, 1.82) is 0 Å². The molecule has 106 valence electrons. The lowest BCUT2D eigenvalue weighted by Crippen LogP contribution is -2.05. The van der Waals surface area contributed by atoms with Gasteiger partial charge >= 0.3 is 5.97 Å². The Morgan fingerprint density at radius 1 is 1.00 bits per heavy atom. The highest BCUT2D eigenvalue weighted by Crippen LogP contribution is 2.34. The standard InChI is InChI=1S/C16H30O2/c1-2-3-14-18-16(17)11-9-7-5-4-6-8-10-15-12-13-15/h15H,2-14H2,1H3. The van der Waals surface area contributed by atoms with Gasteiger partial charge in [-0.05, 0) is 18.8 Å². The summed E-state index contributed by atoms with van der Waals surface area (Å²) in [5.74, 6) is 1.08. The van der Waals surface area contributed by atoms with Crippen LogP contribution in [0.4, 0.5) is 0 Å². The largest absolute Gasteiger partial charge is 0.466 e. The zero-order valence-corrected chi connectivity index (χ0v) is 12.1. The average molecular weight is 254 g/mol. The molecule has 0 radical (unpaired) electrons. The highest BCUT2D eigenvalue weighted by Gasteiger charge is 2.19. The molecule has 0 amide bonds. The lowest BCUT2D eigenvalue weighted by Gasteiger charge is -2.04. The Labute approximate surface area is 112 Å². The van der Waals surface area contributed by atoms with Crippen molar-refractivity contribution in [3.8, 4) is 0 Å². The van der Waals surface area contributed by atoms with Crippen LogP contribution >= 0.6 is 0 Å². The number of unbranched alkanes of at least 4 members (excludes halogenated alkanes) is 6. The zero-order chi connectivity index (χ0) is 13.1. The van der Waals surface area contributed by atoms with Crippen LogP contribution in [-0.4, -0.2) is 12.6 Å². The highest BCUT2D eigenvalue weighted by atomic mass is 16.5. The Kier molecular flexibility index (Phi) is 8.97. The van der Waals surface area contributed by atoms with E-state index < -0.39 is 0 Å². The van der Waals surface area contributed by atoms with E-state index in [1.807, 2.05) is 0 Å². The molecule has 0 spiro atoms. The Morgan fingerprint density at radius 2 is 1.67 bits per heavy atom. The van der Waals surface area contributed by atoms with Crippen LogP contribution in [0.15, 0.2) is 0 Å².